The number of Topliss-reactive ketones (excluding diaryl/α,β-unsaturated/α-hetero) is 2. The van der Waals surface area contributed by atoms with E-state index in [9.17, 15) is 14.4 Å². The van der Waals surface area contributed by atoms with Gasteiger partial charge in [-0.1, -0.05) is 18.2 Å². The molecule has 2 aromatic heterocycles. The highest BCUT2D eigenvalue weighted by molar-refractivity contribution is 6.10. The number of para-hydroxylation sites is 1. The van der Waals surface area contributed by atoms with Gasteiger partial charge in [-0.3, -0.25) is 9.59 Å². The number of hydrogen-bond acceptors (Lipinski definition) is 4. The van der Waals surface area contributed by atoms with Gasteiger partial charge in [0.1, 0.15) is 5.69 Å². The van der Waals surface area contributed by atoms with Gasteiger partial charge in [-0.2, -0.15) is 0 Å². The van der Waals surface area contributed by atoms with Crippen LogP contribution in [0.3, 0.4) is 0 Å². The molecule has 2 N–H and O–H groups in total. The van der Waals surface area contributed by atoms with Gasteiger partial charge in [-0.05, 0) is 26.0 Å². The van der Waals surface area contributed by atoms with Crippen molar-refractivity contribution in [1.82, 2.24) is 9.97 Å². The summed E-state index contributed by atoms with van der Waals surface area (Å²) in [6.45, 7) is 2.93. The number of rotatable bonds is 5. The van der Waals surface area contributed by atoms with Crippen molar-refractivity contribution in [2.24, 2.45) is 0 Å². The summed E-state index contributed by atoms with van der Waals surface area (Å²) in [7, 11) is 0. The number of hydrogen-bond donors (Lipinski definition) is 2. The molecule has 0 saturated carbocycles. The van der Waals surface area contributed by atoms with E-state index in [1.807, 2.05) is 24.3 Å². The van der Waals surface area contributed by atoms with Crippen molar-refractivity contribution in [1.29, 1.82) is 0 Å². The van der Waals surface area contributed by atoms with Gasteiger partial charge in [0.2, 0.25) is 5.78 Å². The van der Waals surface area contributed by atoms with Crippen molar-refractivity contribution in [3.05, 3.63) is 59.5 Å². The minimum atomic E-state index is -0.944. The number of aromatic nitrogens is 2. The van der Waals surface area contributed by atoms with Crippen LogP contribution in [0.25, 0.3) is 10.9 Å². The molecule has 3 aromatic rings. The molecule has 122 valence electrons. The molecule has 0 aliphatic carbocycles. The fourth-order valence-electron chi connectivity index (χ4n) is 2.49. The lowest BCUT2D eigenvalue weighted by atomic mass is 10.1. The Kier molecular flexibility index (Phi) is 4.04. The number of ketones is 2. The van der Waals surface area contributed by atoms with E-state index in [1.165, 1.54) is 26.1 Å². The molecule has 0 spiro atoms. The molecule has 6 heteroatoms. The molecule has 2 heterocycles. The first-order valence-electron chi connectivity index (χ1n) is 7.48. The molecule has 1 atom stereocenters. The normalized spacial score (nSPS) is 12.1. The van der Waals surface area contributed by atoms with Gasteiger partial charge >= 0.3 is 5.97 Å². The lowest BCUT2D eigenvalue weighted by Crippen LogP contribution is -2.24. The van der Waals surface area contributed by atoms with Gasteiger partial charge in [0.15, 0.2) is 11.9 Å². The SMILES string of the molecule is CC(=O)c1c[nH]c(C(=O)O[C@H](C)C(=O)c2c[nH]c3ccccc23)c1. The van der Waals surface area contributed by atoms with Gasteiger partial charge in [-0.15, -0.1) is 0 Å². The van der Waals surface area contributed by atoms with Gasteiger partial charge in [0.05, 0.1) is 0 Å². The van der Waals surface area contributed by atoms with Gasteiger partial charge in [0, 0.05) is 34.4 Å². The van der Waals surface area contributed by atoms with Crippen LogP contribution < -0.4 is 0 Å². The summed E-state index contributed by atoms with van der Waals surface area (Å²) in [5.74, 6) is -1.13. The standard InChI is InChI=1S/C18H16N2O4/c1-10(21)12-7-16(19-8-12)18(23)24-11(2)17(22)14-9-20-15-6-4-3-5-13(14)15/h3-9,11,19-20H,1-2H3/t11-/m1/s1. The fraction of sp³-hybridized carbons (Fsp3) is 0.167. The number of aromatic amines is 2. The molecular weight excluding hydrogens is 308 g/mol. The number of H-pyrrole nitrogens is 2. The number of nitrogens with one attached hydrogen (secondary N) is 2. The van der Waals surface area contributed by atoms with Crippen LogP contribution in [0.5, 0.6) is 0 Å². The van der Waals surface area contributed by atoms with Crippen LogP contribution in [0.1, 0.15) is 45.1 Å². The molecule has 0 saturated heterocycles. The van der Waals surface area contributed by atoms with Crippen LogP contribution in [0, 0.1) is 0 Å². The largest absolute Gasteiger partial charge is 0.450 e. The number of esters is 1. The maximum Gasteiger partial charge on any atom is 0.355 e. The van der Waals surface area contributed by atoms with Gasteiger partial charge in [0.25, 0.3) is 0 Å². The maximum atomic E-state index is 12.5. The first-order valence-corrected chi connectivity index (χ1v) is 7.48. The molecule has 0 aliphatic heterocycles. The van der Waals surface area contributed by atoms with Gasteiger partial charge in [-0.25, -0.2) is 4.79 Å². The van der Waals surface area contributed by atoms with Crippen molar-refractivity contribution in [2.75, 3.05) is 0 Å². The first kappa shape index (κ1) is 15.7. The van der Waals surface area contributed by atoms with E-state index in [4.69, 9.17) is 4.74 Å². The molecule has 0 amide bonds. The second-order valence-electron chi connectivity index (χ2n) is 5.52. The average Bonchev–Trinajstić information content (AvgIpc) is 3.21. The van der Waals surface area contributed by atoms with Crippen LogP contribution in [0.4, 0.5) is 0 Å². The average molecular weight is 324 g/mol. The molecule has 3 rings (SSSR count). The minimum absolute atomic E-state index is 0.138. The van der Waals surface area contributed by atoms with Crippen LogP contribution in [-0.2, 0) is 4.74 Å². The molecule has 6 nitrogen and oxygen atoms in total. The lowest BCUT2D eigenvalue weighted by Gasteiger charge is -2.11. The van der Waals surface area contributed by atoms with Crippen molar-refractivity contribution in [2.45, 2.75) is 20.0 Å². The van der Waals surface area contributed by atoms with Crippen LogP contribution in [-0.4, -0.2) is 33.6 Å². The summed E-state index contributed by atoms with van der Waals surface area (Å²) in [5.41, 5.74) is 1.84. The highest BCUT2D eigenvalue weighted by Crippen LogP contribution is 2.20. The van der Waals surface area contributed by atoms with Crippen LogP contribution in [0.2, 0.25) is 0 Å². The molecule has 0 aliphatic rings. The maximum absolute atomic E-state index is 12.5. The van der Waals surface area contributed by atoms with Crippen molar-refractivity contribution in [3.8, 4) is 0 Å². The zero-order valence-corrected chi connectivity index (χ0v) is 13.3. The first-order chi connectivity index (χ1) is 11.5. The smallest absolute Gasteiger partial charge is 0.355 e. The second-order valence-corrected chi connectivity index (χ2v) is 5.52. The van der Waals surface area contributed by atoms with Crippen molar-refractivity contribution < 1.29 is 19.1 Å². The molecule has 24 heavy (non-hydrogen) atoms. The highest BCUT2D eigenvalue weighted by atomic mass is 16.5. The summed E-state index contributed by atoms with van der Waals surface area (Å²) >= 11 is 0. The lowest BCUT2D eigenvalue weighted by molar-refractivity contribution is 0.0314. The summed E-state index contributed by atoms with van der Waals surface area (Å²) in [6, 6.07) is 8.82. The van der Waals surface area contributed by atoms with E-state index in [0.29, 0.717) is 11.1 Å². The summed E-state index contributed by atoms with van der Waals surface area (Å²) in [6.07, 6.45) is 2.10. The highest BCUT2D eigenvalue weighted by Gasteiger charge is 2.23. The van der Waals surface area contributed by atoms with E-state index in [0.717, 1.165) is 10.9 Å². The zero-order chi connectivity index (χ0) is 17.3. The van der Waals surface area contributed by atoms with E-state index in [2.05, 4.69) is 9.97 Å². The Bertz CT molecular complexity index is 935. The predicted octanol–water partition coefficient (Wildman–Crippen LogP) is 3.13. The summed E-state index contributed by atoms with van der Waals surface area (Å²) in [4.78, 5) is 41.6. The van der Waals surface area contributed by atoms with E-state index >= 15 is 0 Å². The van der Waals surface area contributed by atoms with Gasteiger partial charge < -0.3 is 14.7 Å². The predicted molar refractivity (Wildman–Crippen MR) is 88.3 cm³/mol. The molecular formula is C18H16N2O4. The number of carbonyl (C=O) groups is 3. The molecule has 0 bridgehead atoms. The quantitative estimate of drug-likeness (QED) is 0.557. The minimum Gasteiger partial charge on any atom is -0.450 e. The van der Waals surface area contributed by atoms with E-state index in [1.54, 1.807) is 6.20 Å². The van der Waals surface area contributed by atoms with E-state index in [-0.39, 0.29) is 17.3 Å². The molecule has 1 aromatic carbocycles. The Hall–Kier alpha value is -3.15. The zero-order valence-electron chi connectivity index (χ0n) is 13.3. The Labute approximate surface area is 137 Å². The number of carbonyl (C=O) groups excluding carboxylic acids is 3. The van der Waals surface area contributed by atoms with Crippen LogP contribution >= 0.6 is 0 Å². The number of benzene rings is 1. The Morgan fingerprint density at radius 2 is 1.83 bits per heavy atom. The molecule has 0 unspecified atom stereocenters. The summed E-state index contributed by atoms with van der Waals surface area (Å²) < 4.78 is 5.22. The van der Waals surface area contributed by atoms with Crippen molar-refractivity contribution >= 4 is 28.4 Å². The Balaban J connectivity index is 1.76. The summed E-state index contributed by atoms with van der Waals surface area (Å²) in [5, 5.41) is 0.782. The number of ether oxygens (including phenoxy) is 1. The second kappa shape index (κ2) is 6.16. The Morgan fingerprint density at radius 1 is 1.08 bits per heavy atom. The third-order valence-corrected chi connectivity index (χ3v) is 3.82. The van der Waals surface area contributed by atoms with Crippen molar-refractivity contribution in [3.63, 3.8) is 0 Å². The van der Waals surface area contributed by atoms with E-state index < -0.39 is 12.1 Å². The third kappa shape index (κ3) is 2.86. The Morgan fingerprint density at radius 3 is 2.54 bits per heavy atom. The molecule has 0 radical (unpaired) electrons. The fourth-order valence-corrected chi connectivity index (χ4v) is 2.49. The molecule has 0 fully saturated rings. The topological polar surface area (TPSA) is 92.0 Å². The monoisotopic (exact) mass is 324 g/mol. The third-order valence-electron chi connectivity index (χ3n) is 3.82. The van der Waals surface area contributed by atoms with Crippen LogP contribution in [0.15, 0.2) is 42.7 Å². The number of fused-ring (bicyclic) bond motifs is 1.